The first-order valence-corrected chi connectivity index (χ1v) is 9.38. The SMILES string of the molecule is Cc1ccc(-c2nsc(SCC(=O)NC[C@@H]3CCCO3)n2)cc1. The van der Waals surface area contributed by atoms with Gasteiger partial charge in [-0.25, -0.2) is 4.98 Å². The number of carbonyl (C=O) groups excluding carboxylic acids is 1. The summed E-state index contributed by atoms with van der Waals surface area (Å²) in [6.07, 6.45) is 2.30. The van der Waals surface area contributed by atoms with E-state index in [1.54, 1.807) is 0 Å². The van der Waals surface area contributed by atoms with Crippen LogP contribution in [0.2, 0.25) is 0 Å². The van der Waals surface area contributed by atoms with E-state index in [-0.39, 0.29) is 12.0 Å². The average Bonchev–Trinajstić information content (AvgIpc) is 3.23. The van der Waals surface area contributed by atoms with Gasteiger partial charge in [0.15, 0.2) is 10.2 Å². The Hall–Kier alpha value is -1.44. The number of benzene rings is 1. The molecule has 3 rings (SSSR count). The molecule has 5 nitrogen and oxygen atoms in total. The minimum absolute atomic E-state index is 0.0117. The lowest BCUT2D eigenvalue weighted by molar-refractivity contribution is -0.119. The summed E-state index contributed by atoms with van der Waals surface area (Å²) < 4.78 is 10.7. The molecule has 2 heterocycles. The highest BCUT2D eigenvalue weighted by atomic mass is 32.2. The molecular formula is C16H19N3O2S2. The van der Waals surface area contributed by atoms with Crippen LogP contribution in [0.1, 0.15) is 18.4 Å². The zero-order valence-electron chi connectivity index (χ0n) is 12.9. The number of aryl methyl sites for hydroxylation is 1. The Labute approximate surface area is 144 Å². The van der Waals surface area contributed by atoms with Crippen LogP contribution in [0, 0.1) is 6.92 Å². The van der Waals surface area contributed by atoms with E-state index in [0.29, 0.717) is 12.3 Å². The van der Waals surface area contributed by atoms with Gasteiger partial charge < -0.3 is 10.1 Å². The lowest BCUT2D eigenvalue weighted by atomic mass is 10.1. The van der Waals surface area contributed by atoms with Crippen molar-refractivity contribution in [1.82, 2.24) is 14.7 Å². The molecule has 23 heavy (non-hydrogen) atoms. The monoisotopic (exact) mass is 349 g/mol. The fourth-order valence-corrected chi connectivity index (χ4v) is 3.74. The molecule has 1 aliphatic rings. The third kappa shape index (κ3) is 4.76. The maximum Gasteiger partial charge on any atom is 0.230 e. The highest BCUT2D eigenvalue weighted by Gasteiger charge is 2.16. The fourth-order valence-electron chi connectivity index (χ4n) is 2.30. The molecule has 1 atom stereocenters. The number of ether oxygens (including phenoxy) is 1. The Morgan fingerprint density at radius 2 is 2.26 bits per heavy atom. The number of thioether (sulfide) groups is 1. The summed E-state index contributed by atoms with van der Waals surface area (Å²) in [5, 5.41) is 2.91. The predicted molar refractivity (Wildman–Crippen MR) is 92.8 cm³/mol. The quantitative estimate of drug-likeness (QED) is 0.813. The van der Waals surface area contributed by atoms with E-state index in [1.807, 2.05) is 24.3 Å². The van der Waals surface area contributed by atoms with Crippen LogP contribution in [0.3, 0.4) is 0 Å². The second-order valence-corrected chi connectivity index (χ2v) is 7.45. The Bertz CT molecular complexity index is 652. The van der Waals surface area contributed by atoms with Crippen LogP contribution in [0.15, 0.2) is 28.6 Å². The number of rotatable bonds is 6. The number of amides is 1. The van der Waals surface area contributed by atoms with Crippen LogP contribution in [-0.4, -0.2) is 40.3 Å². The molecule has 7 heteroatoms. The van der Waals surface area contributed by atoms with Crippen molar-refractivity contribution in [1.29, 1.82) is 0 Å². The Morgan fingerprint density at radius 1 is 1.43 bits per heavy atom. The van der Waals surface area contributed by atoms with Gasteiger partial charge in [-0.2, -0.15) is 4.37 Å². The number of hydrogen-bond donors (Lipinski definition) is 1. The van der Waals surface area contributed by atoms with E-state index < -0.39 is 0 Å². The van der Waals surface area contributed by atoms with E-state index in [2.05, 4.69) is 21.6 Å². The van der Waals surface area contributed by atoms with Gasteiger partial charge in [0.05, 0.1) is 11.9 Å². The first-order valence-electron chi connectivity index (χ1n) is 7.62. The molecule has 122 valence electrons. The van der Waals surface area contributed by atoms with Crippen LogP contribution in [-0.2, 0) is 9.53 Å². The second-order valence-electron chi connectivity index (χ2n) is 5.48. The molecular weight excluding hydrogens is 330 g/mol. The minimum Gasteiger partial charge on any atom is -0.376 e. The van der Waals surface area contributed by atoms with E-state index in [4.69, 9.17) is 4.74 Å². The standard InChI is InChI=1S/C16H19N3O2S2/c1-11-4-6-12(7-5-11)15-18-16(23-19-15)22-10-14(20)17-9-13-3-2-8-21-13/h4-7,13H,2-3,8-10H2,1H3,(H,17,20)/t13-/m0/s1. The van der Waals surface area contributed by atoms with E-state index in [9.17, 15) is 4.79 Å². The van der Waals surface area contributed by atoms with Crippen LogP contribution >= 0.6 is 23.3 Å². The number of carbonyl (C=O) groups is 1. The van der Waals surface area contributed by atoms with Gasteiger partial charge in [0.25, 0.3) is 0 Å². The second kappa shape index (κ2) is 7.90. The number of hydrogen-bond acceptors (Lipinski definition) is 6. The van der Waals surface area contributed by atoms with Crippen molar-refractivity contribution in [3.05, 3.63) is 29.8 Å². The molecule has 1 fully saturated rings. The summed E-state index contributed by atoms with van der Waals surface area (Å²) in [4.78, 5) is 16.3. The van der Waals surface area contributed by atoms with E-state index in [0.717, 1.165) is 35.2 Å². The van der Waals surface area contributed by atoms with Crippen LogP contribution in [0.4, 0.5) is 0 Å². The normalized spacial score (nSPS) is 17.3. The summed E-state index contributed by atoms with van der Waals surface area (Å²) in [5.74, 6) is 1.09. The first kappa shape index (κ1) is 16.4. The molecule has 1 aliphatic heterocycles. The maximum atomic E-state index is 11.9. The third-order valence-corrected chi connectivity index (χ3v) is 5.43. The summed E-state index contributed by atoms with van der Waals surface area (Å²) in [6.45, 7) is 3.46. The van der Waals surface area contributed by atoms with Crippen LogP contribution in [0.5, 0.6) is 0 Å². The molecule has 1 N–H and O–H groups in total. The molecule has 1 amide bonds. The molecule has 0 bridgehead atoms. The van der Waals surface area contributed by atoms with Gasteiger partial charge in [-0.15, -0.1) is 0 Å². The largest absolute Gasteiger partial charge is 0.376 e. The Morgan fingerprint density at radius 3 is 3.00 bits per heavy atom. The van der Waals surface area contributed by atoms with E-state index >= 15 is 0 Å². The summed E-state index contributed by atoms with van der Waals surface area (Å²) in [5.41, 5.74) is 2.21. The van der Waals surface area contributed by atoms with Crippen molar-refractivity contribution < 1.29 is 9.53 Å². The van der Waals surface area contributed by atoms with Gasteiger partial charge in [-0.1, -0.05) is 41.6 Å². The zero-order valence-corrected chi connectivity index (χ0v) is 14.6. The van der Waals surface area contributed by atoms with Gasteiger partial charge in [0, 0.05) is 18.7 Å². The first-order chi connectivity index (χ1) is 11.2. The van der Waals surface area contributed by atoms with Crippen molar-refractivity contribution in [2.75, 3.05) is 18.9 Å². The van der Waals surface area contributed by atoms with Crippen molar-refractivity contribution in [3.63, 3.8) is 0 Å². The van der Waals surface area contributed by atoms with Gasteiger partial charge >= 0.3 is 0 Å². The fraction of sp³-hybridized carbons (Fsp3) is 0.438. The molecule has 0 saturated carbocycles. The molecule has 1 aromatic carbocycles. The molecule has 1 aromatic heterocycles. The highest BCUT2D eigenvalue weighted by molar-refractivity contribution is 8.01. The number of nitrogens with one attached hydrogen (secondary N) is 1. The zero-order chi connectivity index (χ0) is 16.1. The number of nitrogens with zero attached hydrogens (tertiary/aromatic N) is 2. The summed E-state index contributed by atoms with van der Waals surface area (Å²) in [7, 11) is 0. The molecule has 0 unspecified atom stereocenters. The average molecular weight is 349 g/mol. The number of aromatic nitrogens is 2. The van der Waals surface area contributed by atoms with E-state index in [1.165, 1.54) is 28.9 Å². The van der Waals surface area contributed by atoms with Gasteiger partial charge in [-0.3, -0.25) is 4.79 Å². The van der Waals surface area contributed by atoms with Crippen LogP contribution in [0.25, 0.3) is 11.4 Å². The molecule has 0 aliphatic carbocycles. The topological polar surface area (TPSA) is 64.1 Å². The van der Waals surface area contributed by atoms with Gasteiger partial charge in [-0.05, 0) is 31.3 Å². The molecule has 0 spiro atoms. The summed E-state index contributed by atoms with van der Waals surface area (Å²) in [6, 6.07) is 8.11. The van der Waals surface area contributed by atoms with Gasteiger partial charge in [0.2, 0.25) is 5.91 Å². The maximum absolute atomic E-state index is 11.9. The Balaban J connectivity index is 1.47. The van der Waals surface area contributed by atoms with Crippen molar-refractivity contribution >= 4 is 29.2 Å². The predicted octanol–water partition coefficient (Wildman–Crippen LogP) is 2.90. The van der Waals surface area contributed by atoms with Crippen molar-refractivity contribution in [2.45, 2.75) is 30.2 Å². The Kier molecular flexibility index (Phi) is 5.64. The lowest BCUT2D eigenvalue weighted by Gasteiger charge is -2.09. The molecule has 2 aromatic rings. The molecule has 1 saturated heterocycles. The smallest absolute Gasteiger partial charge is 0.230 e. The third-order valence-electron chi connectivity index (χ3n) is 3.59. The molecule has 0 radical (unpaired) electrons. The van der Waals surface area contributed by atoms with Crippen LogP contribution < -0.4 is 5.32 Å². The summed E-state index contributed by atoms with van der Waals surface area (Å²) >= 11 is 2.75. The highest BCUT2D eigenvalue weighted by Crippen LogP contribution is 2.25. The van der Waals surface area contributed by atoms with Crippen molar-refractivity contribution in [2.24, 2.45) is 0 Å². The minimum atomic E-state index is 0.0117. The van der Waals surface area contributed by atoms with Gasteiger partial charge in [0.1, 0.15) is 0 Å². The van der Waals surface area contributed by atoms with Crippen molar-refractivity contribution in [3.8, 4) is 11.4 Å². The lowest BCUT2D eigenvalue weighted by Crippen LogP contribution is -2.32.